The van der Waals surface area contributed by atoms with Crippen molar-refractivity contribution in [2.45, 2.75) is 44.6 Å². The normalized spacial score (nSPS) is 21.7. The molecule has 0 aromatic carbocycles. The highest BCUT2D eigenvalue weighted by atomic mass is 79.9. The van der Waals surface area contributed by atoms with Gasteiger partial charge in [0.05, 0.1) is 6.54 Å². The number of hydrogen-bond donors (Lipinski definition) is 1. The van der Waals surface area contributed by atoms with Gasteiger partial charge in [-0.1, -0.05) is 13.8 Å². The monoisotopic (exact) mass is 378 g/mol. The predicted molar refractivity (Wildman–Crippen MR) is 85.2 cm³/mol. The highest BCUT2D eigenvalue weighted by molar-refractivity contribution is 9.10. The van der Waals surface area contributed by atoms with Gasteiger partial charge in [-0.05, 0) is 47.0 Å². The highest BCUT2D eigenvalue weighted by Crippen LogP contribution is 2.31. The van der Waals surface area contributed by atoms with Gasteiger partial charge in [-0.25, -0.2) is 8.42 Å². The Kier molecular flexibility index (Phi) is 5.51. The van der Waals surface area contributed by atoms with E-state index in [-0.39, 0.29) is 16.1 Å². The van der Waals surface area contributed by atoms with E-state index in [1.165, 1.54) is 6.07 Å². The fourth-order valence-corrected chi connectivity index (χ4v) is 5.27. The van der Waals surface area contributed by atoms with Gasteiger partial charge in [0.1, 0.15) is 10.7 Å². The maximum absolute atomic E-state index is 12.8. The van der Waals surface area contributed by atoms with Crippen LogP contribution < -0.4 is 5.73 Å². The molecule has 1 unspecified atom stereocenters. The summed E-state index contributed by atoms with van der Waals surface area (Å²) in [4.78, 5) is 0.186. The molecular weight excluding hydrogens is 356 g/mol. The zero-order chi connectivity index (χ0) is 15.6. The summed E-state index contributed by atoms with van der Waals surface area (Å²) < 4.78 is 32.7. The molecule has 1 aliphatic heterocycles. The lowest BCUT2D eigenvalue weighted by Crippen LogP contribution is -2.32. The van der Waals surface area contributed by atoms with Gasteiger partial charge >= 0.3 is 0 Å². The van der Waals surface area contributed by atoms with Gasteiger partial charge in [-0.15, -0.1) is 0 Å². The van der Waals surface area contributed by atoms with Crippen LogP contribution >= 0.6 is 15.9 Å². The molecule has 0 spiro atoms. The summed E-state index contributed by atoms with van der Waals surface area (Å²) in [6, 6.07) is 1.52. The van der Waals surface area contributed by atoms with E-state index >= 15 is 0 Å². The molecule has 120 valence electrons. The number of hydrogen-bond acceptors (Lipinski definition) is 4. The first-order valence-corrected chi connectivity index (χ1v) is 9.58. The Labute approximate surface area is 135 Å². The van der Waals surface area contributed by atoms with Crippen LogP contribution in [0.4, 0.5) is 0 Å². The quantitative estimate of drug-likeness (QED) is 0.873. The molecule has 7 heteroatoms. The first kappa shape index (κ1) is 17.0. The van der Waals surface area contributed by atoms with Gasteiger partial charge < -0.3 is 10.2 Å². The van der Waals surface area contributed by atoms with Crippen molar-refractivity contribution in [1.82, 2.24) is 4.31 Å². The predicted octanol–water partition coefficient (Wildman–Crippen LogP) is 2.95. The van der Waals surface area contributed by atoms with Crippen LogP contribution in [0.15, 0.2) is 20.0 Å². The second kappa shape index (κ2) is 6.81. The SMILES string of the molecule is CC(C)C1CCCN(S(=O)(=O)c2cc(CN)oc2Br)CC1. The van der Waals surface area contributed by atoms with Gasteiger partial charge in [0, 0.05) is 19.2 Å². The second-order valence-corrected chi connectivity index (χ2v) is 8.52. The largest absolute Gasteiger partial charge is 0.452 e. The van der Waals surface area contributed by atoms with E-state index in [1.54, 1.807) is 4.31 Å². The zero-order valence-corrected chi connectivity index (χ0v) is 14.9. The van der Waals surface area contributed by atoms with Crippen molar-refractivity contribution in [3.63, 3.8) is 0 Å². The summed E-state index contributed by atoms with van der Waals surface area (Å²) in [6.45, 7) is 5.73. The first-order chi connectivity index (χ1) is 9.86. The van der Waals surface area contributed by atoms with Crippen LogP contribution in [-0.4, -0.2) is 25.8 Å². The number of nitrogens with two attached hydrogens (primary N) is 1. The average molecular weight is 379 g/mol. The van der Waals surface area contributed by atoms with Gasteiger partial charge in [-0.2, -0.15) is 4.31 Å². The van der Waals surface area contributed by atoms with Gasteiger partial charge in [0.25, 0.3) is 0 Å². The molecule has 0 amide bonds. The summed E-state index contributed by atoms with van der Waals surface area (Å²) in [7, 11) is -3.52. The fraction of sp³-hybridized carbons (Fsp3) is 0.714. The lowest BCUT2D eigenvalue weighted by Gasteiger charge is -2.20. The first-order valence-electron chi connectivity index (χ1n) is 7.34. The summed E-state index contributed by atoms with van der Waals surface area (Å²) in [5.74, 6) is 1.66. The minimum Gasteiger partial charge on any atom is -0.452 e. The molecule has 0 bridgehead atoms. The molecule has 1 aliphatic rings. The number of nitrogens with zero attached hydrogens (tertiary/aromatic N) is 1. The summed E-state index contributed by atoms with van der Waals surface area (Å²) >= 11 is 3.19. The number of rotatable bonds is 4. The molecule has 2 rings (SSSR count). The van der Waals surface area contributed by atoms with E-state index in [0.717, 1.165) is 19.3 Å². The van der Waals surface area contributed by atoms with Crippen molar-refractivity contribution in [1.29, 1.82) is 0 Å². The van der Waals surface area contributed by atoms with Crippen LogP contribution in [0.5, 0.6) is 0 Å². The van der Waals surface area contributed by atoms with Crippen LogP contribution in [-0.2, 0) is 16.6 Å². The molecule has 1 fully saturated rings. The molecule has 2 N–H and O–H groups in total. The maximum atomic E-state index is 12.8. The molecule has 1 saturated heterocycles. The highest BCUT2D eigenvalue weighted by Gasteiger charge is 2.31. The Morgan fingerprint density at radius 3 is 2.71 bits per heavy atom. The molecule has 1 aromatic heterocycles. The topological polar surface area (TPSA) is 76.5 Å². The Morgan fingerprint density at radius 1 is 1.43 bits per heavy atom. The third kappa shape index (κ3) is 3.70. The number of furan rings is 1. The summed E-state index contributed by atoms with van der Waals surface area (Å²) in [5.41, 5.74) is 5.51. The zero-order valence-electron chi connectivity index (χ0n) is 12.5. The Hall–Kier alpha value is -0.370. The third-order valence-corrected chi connectivity index (χ3v) is 6.96. The molecule has 5 nitrogen and oxygen atoms in total. The average Bonchev–Trinajstić information content (AvgIpc) is 2.65. The molecule has 1 atom stereocenters. The van der Waals surface area contributed by atoms with Crippen LogP contribution in [0.25, 0.3) is 0 Å². The molecular formula is C14H23BrN2O3S. The van der Waals surface area contributed by atoms with Gasteiger partial charge in [-0.3, -0.25) is 0 Å². The minimum absolute atomic E-state index is 0.184. The fourth-order valence-electron chi connectivity index (χ4n) is 2.82. The van der Waals surface area contributed by atoms with Crippen molar-refractivity contribution in [3.8, 4) is 0 Å². The molecule has 0 radical (unpaired) electrons. The smallest absolute Gasteiger partial charge is 0.247 e. The van der Waals surface area contributed by atoms with Crippen molar-refractivity contribution >= 4 is 26.0 Å². The van der Waals surface area contributed by atoms with E-state index in [4.69, 9.17) is 10.2 Å². The molecule has 0 aliphatic carbocycles. The van der Waals surface area contributed by atoms with E-state index < -0.39 is 10.0 Å². The lowest BCUT2D eigenvalue weighted by molar-refractivity contribution is 0.340. The van der Waals surface area contributed by atoms with Crippen molar-refractivity contribution in [2.24, 2.45) is 17.6 Å². The van der Waals surface area contributed by atoms with Gasteiger partial charge in [0.15, 0.2) is 4.67 Å². The lowest BCUT2D eigenvalue weighted by atomic mass is 9.89. The number of sulfonamides is 1. The van der Waals surface area contributed by atoms with Crippen molar-refractivity contribution in [2.75, 3.05) is 13.1 Å². The molecule has 1 aromatic rings. The van der Waals surface area contributed by atoms with Crippen molar-refractivity contribution in [3.05, 3.63) is 16.5 Å². The van der Waals surface area contributed by atoms with E-state index in [0.29, 0.717) is 30.7 Å². The van der Waals surface area contributed by atoms with E-state index in [9.17, 15) is 8.42 Å². The molecule has 2 heterocycles. The van der Waals surface area contributed by atoms with E-state index in [2.05, 4.69) is 29.8 Å². The van der Waals surface area contributed by atoms with Gasteiger partial charge in [0.2, 0.25) is 10.0 Å². The summed E-state index contributed by atoms with van der Waals surface area (Å²) in [6.07, 6.45) is 2.90. The Morgan fingerprint density at radius 2 is 2.14 bits per heavy atom. The minimum atomic E-state index is -3.52. The number of halogens is 1. The van der Waals surface area contributed by atoms with E-state index in [1.807, 2.05) is 0 Å². The Bertz CT molecular complexity index is 583. The standard InChI is InChI=1S/C14H23BrN2O3S/c1-10(2)11-4-3-6-17(7-5-11)21(18,19)13-8-12(9-16)20-14(13)15/h8,10-11H,3-7,9,16H2,1-2H3. The second-order valence-electron chi connectivity index (χ2n) is 5.89. The van der Waals surface area contributed by atoms with Crippen molar-refractivity contribution < 1.29 is 12.8 Å². The third-order valence-electron chi connectivity index (χ3n) is 4.20. The molecule has 21 heavy (non-hydrogen) atoms. The summed E-state index contributed by atoms with van der Waals surface area (Å²) in [5, 5.41) is 0. The Balaban J connectivity index is 2.21. The van der Waals surface area contributed by atoms with Crippen LogP contribution in [0.1, 0.15) is 38.9 Å². The van der Waals surface area contributed by atoms with Crippen LogP contribution in [0, 0.1) is 11.8 Å². The van der Waals surface area contributed by atoms with Crippen LogP contribution in [0.2, 0.25) is 0 Å². The van der Waals surface area contributed by atoms with Crippen LogP contribution in [0.3, 0.4) is 0 Å². The maximum Gasteiger partial charge on any atom is 0.247 e. The molecule has 0 saturated carbocycles.